The van der Waals surface area contributed by atoms with E-state index in [4.69, 9.17) is 9.47 Å². The molecule has 26 heteroatoms. The lowest BCUT2D eigenvalue weighted by Crippen LogP contribution is -2.81. The molecule has 0 aliphatic heterocycles. The van der Waals surface area contributed by atoms with Crippen molar-refractivity contribution in [1.82, 2.24) is 0 Å². The lowest BCUT2D eigenvalue weighted by Gasteiger charge is -2.44. The summed E-state index contributed by atoms with van der Waals surface area (Å²) >= 11 is 0. The van der Waals surface area contributed by atoms with E-state index in [2.05, 4.69) is 36.4 Å². The molecule has 0 bridgehead atoms. The molecule has 0 fully saturated rings. The first-order valence-electron chi connectivity index (χ1n) is 22.1. The van der Waals surface area contributed by atoms with E-state index in [0.717, 1.165) is 5.57 Å². The van der Waals surface area contributed by atoms with Crippen LogP contribution >= 0.6 is 7.26 Å². The van der Waals surface area contributed by atoms with Gasteiger partial charge in [0.05, 0.1) is 20.4 Å². The molecule has 0 N–H and O–H groups in total. The first-order valence-corrected chi connectivity index (χ1v) is 24.1. The molecule has 0 atom stereocenters. The highest BCUT2D eigenvalue weighted by Crippen LogP contribution is 2.58. The Bertz CT molecular complexity index is 3080. The first kappa shape index (κ1) is 60.5. The Morgan fingerprint density at radius 3 is 0.722 bits per heavy atom. The van der Waals surface area contributed by atoms with Gasteiger partial charge in [-0.05, 0) is 47.4 Å². The number of benzene rings is 7. The standard InChI is InChI=1S/C29H32O4P.C24BF20/c1-29(2,3)25(26(27(30)32-4)28(31)33-5)21-34(22-15-9-6-10-16-22,23-17-11-7-12-18-23)24-19-13-8-14-20-24;26-5-1(6(27)14(35)21(42)13(5)34)25(2-7(28)15(36)22(43)16(37)8(2)29,3-9(30)17(38)23(44)18(39)10(3)31)4-11(32)19(40)24(45)20(41)12(4)33/h6-20H,21H2,1-5H3;/q+1;-1. The molecule has 0 radical (unpaired) electrons. The molecule has 0 heterocycles. The van der Waals surface area contributed by atoms with Crippen LogP contribution in [0.3, 0.4) is 0 Å². The van der Waals surface area contributed by atoms with Gasteiger partial charge in [0.2, 0.25) is 0 Å². The summed E-state index contributed by atoms with van der Waals surface area (Å²) in [4.78, 5) is 25.9. The van der Waals surface area contributed by atoms with Gasteiger partial charge in [-0.1, -0.05) is 75.4 Å². The van der Waals surface area contributed by atoms with Crippen LogP contribution < -0.4 is 37.8 Å². The molecule has 0 aromatic heterocycles. The summed E-state index contributed by atoms with van der Waals surface area (Å²) in [7, 11) is 0.249. The zero-order valence-corrected chi connectivity index (χ0v) is 41.5. The fourth-order valence-electron chi connectivity index (χ4n) is 9.10. The maximum atomic E-state index is 15.4. The second kappa shape index (κ2) is 23.0. The first-order chi connectivity index (χ1) is 37.0. The highest BCUT2D eigenvalue weighted by atomic mass is 31.2. The van der Waals surface area contributed by atoms with Crippen molar-refractivity contribution in [2.75, 3.05) is 20.4 Å². The number of hydrogen-bond donors (Lipinski definition) is 0. The Kier molecular flexibility index (Phi) is 17.6. The third-order valence-corrected chi connectivity index (χ3v) is 17.0. The normalized spacial score (nSPS) is 11.8. The molecular weight excluding hydrogens is 1120 g/mol. The van der Waals surface area contributed by atoms with Crippen molar-refractivity contribution in [3.05, 3.63) is 218 Å². The van der Waals surface area contributed by atoms with E-state index in [9.17, 15) is 62.3 Å². The maximum absolute atomic E-state index is 15.4. The summed E-state index contributed by atoms with van der Waals surface area (Å²) < 4.78 is 304. The molecule has 0 aliphatic carbocycles. The Balaban J connectivity index is 0.000000265. The van der Waals surface area contributed by atoms with E-state index < -0.39 is 169 Å². The number of rotatable bonds is 11. The molecular formula is C53H32BF20O4P. The summed E-state index contributed by atoms with van der Waals surface area (Å²) in [6.07, 6.45) is -6.72. The molecule has 79 heavy (non-hydrogen) atoms. The van der Waals surface area contributed by atoms with E-state index in [1.165, 1.54) is 30.1 Å². The second-order valence-electron chi connectivity index (χ2n) is 17.9. The van der Waals surface area contributed by atoms with E-state index in [1.807, 2.05) is 75.4 Å². The molecule has 7 aromatic rings. The number of halogens is 20. The van der Waals surface area contributed by atoms with Gasteiger partial charge >= 0.3 is 11.9 Å². The van der Waals surface area contributed by atoms with Crippen molar-refractivity contribution in [3.63, 3.8) is 0 Å². The van der Waals surface area contributed by atoms with E-state index in [1.54, 1.807) is 0 Å². The largest absolute Gasteiger partial charge is 0.465 e. The number of carbonyl (C=O) groups is 2. The predicted octanol–water partition coefficient (Wildman–Crippen LogP) is 10.5. The van der Waals surface area contributed by atoms with Gasteiger partial charge in [0.25, 0.3) is 0 Å². The summed E-state index contributed by atoms with van der Waals surface area (Å²) in [5, 5.41) is 3.51. The summed E-state index contributed by atoms with van der Waals surface area (Å²) in [5.41, 5.74) is -14.1. The van der Waals surface area contributed by atoms with Gasteiger partial charge in [-0.15, -0.1) is 21.9 Å². The summed E-state index contributed by atoms with van der Waals surface area (Å²) in [6, 6.07) is 31.1. The predicted molar refractivity (Wildman–Crippen MR) is 250 cm³/mol. The second-order valence-corrected chi connectivity index (χ2v) is 21.3. The molecule has 0 spiro atoms. The van der Waals surface area contributed by atoms with Gasteiger partial charge in [-0.25, -0.2) is 97.4 Å². The van der Waals surface area contributed by atoms with Gasteiger partial charge in [-0.3, -0.25) is 0 Å². The topological polar surface area (TPSA) is 52.6 Å². The van der Waals surface area contributed by atoms with Gasteiger partial charge in [0, 0.05) is 0 Å². The van der Waals surface area contributed by atoms with Gasteiger partial charge in [-0.2, -0.15) is 0 Å². The molecule has 0 saturated carbocycles. The molecule has 0 unspecified atom stereocenters. The number of esters is 2. The van der Waals surface area contributed by atoms with Crippen molar-refractivity contribution in [1.29, 1.82) is 0 Å². The lowest BCUT2D eigenvalue weighted by molar-refractivity contribution is -0.144. The van der Waals surface area contributed by atoms with Crippen molar-refractivity contribution < 1.29 is 107 Å². The fraction of sp³-hybridized carbons (Fsp3) is 0.132. The van der Waals surface area contributed by atoms with Gasteiger partial charge in [0.15, 0.2) is 69.8 Å². The zero-order valence-electron chi connectivity index (χ0n) is 40.6. The molecule has 416 valence electrons. The van der Waals surface area contributed by atoms with Crippen molar-refractivity contribution >= 4 is 63.1 Å². The molecule has 7 aromatic carbocycles. The van der Waals surface area contributed by atoms with Crippen LogP contribution in [0.1, 0.15) is 20.8 Å². The highest BCUT2D eigenvalue weighted by molar-refractivity contribution is 7.95. The smallest absolute Gasteiger partial charge is 0.345 e. The Morgan fingerprint density at radius 1 is 0.354 bits per heavy atom. The Morgan fingerprint density at radius 2 is 0.544 bits per heavy atom. The number of hydrogen-bond acceptors (Lipinski definition) is 4. The van der Waals surface area contributed by atoms with Gasteiger partial charge in [0.1, 0.15) is 81.4 Å². The van der Waals surface area contributed by atoms with Crippen LogP contribution in [-0.4, -0.2) is 38.5 Å². The molecule has 0 aliphatic rings. The Labute approximate surface area is 434 Å². The van der Waals surface area contributed by atoms with Crippen LogP contribution in [0.5, 0.6) is 0 Å². The van der Waals surface area contributed by atoms with Crippen molar-refractivity contribution in [2.24, 2.45) is 5.41 Å². The van der Waals surface area contributed by atoms with Crippen LogP contribution in [0.4, 0.5) is 87.8 Å². The van der Waals surface area contributed by atoms with Crippen molar-refractivity contribution in [3.8, 4) is 0 Å². The quantitative estimate of drug-likeness (QED) is 0.0149. The summed E-state index contributed by atoms with van der Waals surface area (Å²) in [6.45, 7) is 6.05. The van der Waals surface area contributed by atoms with Crippen LogP contribution in [0.15, 0.2) is 102 Å². The van der Waals surface area contributed by atoms with Crippen molar-refractivity contribution in [2.45, 2.75) is 20.8 Å². The van der Waals surface area contributed by atoms with Gasteiger partial charge < -0.3 is 9.47 Å². The minimum Gasteiger partial charge on any atom is -0.465 e. The summed E-state index contributed by atoms with van der Waals surface area (Å²) in [5.74, 6) is -72.8. The van der Waals surface area contributed by atoms with Crippen LogP contribution in [0.2, 0.25) is 0 Å². The number of methoxy groups -OCH3 is 2. The third-order valence-electron chi connectivity index (χ3n) is 12.7. The van der Waals surface area contributed by atoms with Crippen LogP contribution in [0.25, 0.3) is 0 Å². The fourth-order valence-corrected chi connectivity index (χ4v) is 13.7. The van der Waals surface area contributed by atoms with E-state index in [-0.39, 0.29) is 5.57 Å². The lowest BCUT2D eigenvalue weighted by atomic mass is 9.12. The maximum Gasteiger partial charge on any atom is 0.345 e. The average molecular weight is 1150 g/mol. The Hall–Kier alpha value is -7.69. The monoisotopic (exact) mass is 1150 g/mol. The minimum atomic E-state index is -7.22. The SMILES string of the molecule is COC(=O)C(C(=O)OC)=C(C[P+](c1ccccc1)(c1ccccc1)c1ccccc1)C(C)(C)C.Fc1c(F)c(F)c([B-](c2c(F)c(F)c(F)c(F)c2F)(c2c(F)c(F)c(F)c(F)c2F)c2c(F)c(F)c(F)c(F)c2F)c(F)c1F. The highest BCUT2D eigenvalue weighted by Gasteiger charge is 2.53. The third kappa shape index (κ3) is 9.98. The number of carbonyl (C=O) groups excluding carboxylic acids is 2. The minimum absolute atomic E-state index is 0.0235. The molecule has 7 rings (SSSR count). The molecule has 4 nitrogen and oxygen atoms in total. The van der Waals surface area contributed by atoms with Crippen LogP contribution in [-0.2, 0) is 19.1 Å². The number of allylic oxidation sites excluding steroid dienone is 1. The average Bonchev–Trinajstić information content (AvgIpc) is 3.63. The zero-order chi connectivity index (χ0) is 59.1. The number of ether oxygens (including phenoxy) is 2. The van der Waals surface area contributed by atoms with E-state index in [0.29, 0.717) is 6.16 Å². The van der Waals surface area contributed by atoms with E-state index >= 15 is 35.1 Å². The molecule has 0 amide bonds. The molecule has 0 saturated heterocycles. The van der Waals surface area contributed by atoms with Crippen LogP contribution in [0, 0.1) is 122 Å².